The van der Waals surface area contributed by atoms with Crippen molar-refractivity contribution in [1.29, 1.82) is 0 Å². The van der Waals surface area contributed by atoms with Crippen LogP contribution in [0.15, 0.2) is 47.6 Å². The normalized spacial score (nSPS) is 25.4. The fraction of sp³-hybridized carbons (Fsp3) is 0.500. The SMILES string of the molecule is CCn1cc(S(=O)(=O)N2C[C@@H]3C[C@H](OC)CN3C(=O)[C@@H]2Cc2ccccc2)cn1. The highest BCUT2D eigenvalue weighted by atomic mass is 32.2. The predicted octanol–water partition coefficient (Wildman–Crippen LogP) is 1.13. The number of nitrogens with zero attached hydrogens (tertiary/aromatic N) is 4. The van der Waals surface area contributed by atoms with Crippen LogP contribution in [0.25, 0.3) is 0 Å². The lowest BCUT2D eigenvalue weighted by molar-refractivity contribution is -0.140. The number of carbonyl (C=O) groups is 1. The second-order valence-corrected chi connectivity index (χ2v) is 9.44. The van der Waals surface area contributed by atoms with E-state index < -0.39 is 16.1 Å². The molecule has 0 spiro atoms. The van der Waals surface area contributed by atoms with Crippen LogP contribution >= 0.6 is 0 Å². The molecule has 1 amide bonds. The maximum Gasteiger partial charge on any atom is 0.247 e. The van der Waals surface area contributed by atoms with Crippen molar-refractivity contribution in [2.45, 2.75) is 49.4 Å². The molecule has 3 atom stereocenters. The standard InChI is InChI=1S/C20H26N4O4S/c1-3-22-14-18(11-21-22)29(26,27)24-12-16-10-17(28-2)13-23(16)20(25)19(24)9-15-7-5-4-6-8-15/h4-8,11,14,16-17,19H,3,9-10,12-13H2,1-2H3/t16-,17-,19-/m0/s1. The highest BCUT2D eigenvalue weighted by Crippen LogP contribution is 2.32. The van der Waals surface area contributed by atoms with Crippen molar-refractivity contribution in [1.82, 2.24) is 19.0 Å². The van der Waals surface area contributed by atoms with Gasteiger partial charge in [0.1, 0.15) is 10.9 Å². The van der Waals surface area contributed by atoms with Crippen molar-refractivity contribution >= 4 is 15.9 Å². The Balaban J connectivity index is 1.70. The molecular formula is C20H26N4O4S. The molecule has 2 aliphatic rings. The molecule has 8 nitrogen and oxygen atoms in total. The van der Waals surface area contributed by atoms with Crippen LogP contribution in [0.2, 0.25) is 0 Å². The second kappa shape index (κ2) is 7.89. The van der Waals surface area contributed by atoms with Gasteiger partial charge in [0.25, 0.3) is 0 Å². The molecule has 0 radical (unpaired) electrons. The van der Waals surface area contributed by atoms with Crippen LogP contribution < -0.4 is 0 Å². The Morgan fingerprint density at radius 2 is 1.97 bits per heavy atom. The first kappa shape index (κ1) is 20.1. The number of rotatable bonds is 6. The lowest BCUT2D eigenvalue weighted by Gasteiger charge is -2.41. The summed E-state index contributed by atoms with van der Waals surface area (Å²) in [5.41, 5.74) is 0.927. The molecule has 0 unspecified atom stereocenters. The zero-order valence-corrected chi connectivity index (χ0v) is 17.5. The van der Waals surface area contributed by atoms with E-state index in [0.717, 1.165) is 5.56 Å². The zero-order valence-electron chi connectivity index (χ0n) is 16.6. The summed E-state index contributed by atoms with van der Waals surface area (Å²) < 4.78 is 35.3. The Morgan fingerprint density at radius 3 is 2.62 bits per heavy atom. The number of piperazine rings is 1. The van der Waals surface area contributed by atoms with Gasteiger partial charge in [-0.2, -0.15) is 9.40 Å². The van der Waals surface area contributed by atoms with Gasteiger partial charge in [-0.25, -0.2) is 8.42 Å². The number of methoxy groups -OCH3 is 1. The van der Waals surface area contributed by atoms with Gasteiger partial charge in [0.05, 0.1) is 12.3 Å². The van der Waals surface area contributed by atoms with Crippen molar-refractivity contribution in [3.8, 4) is 0 Å². The summed E-state index contributed by atoms with van der Waals surface area (Å²) in [6, 6.07) is 8.58. The molecule has 2 fully saturated rings. The first-order valence-corrected chi connectivity index (χ1v) is 11.3. The second-order valence-electron chi connectivity index (χ2n) is 7.55. The fourth-order valence-corrected chi connectivity index (χ4v) is 5.79. The van der Waals surface area contributed by atoms with Crippen molar-refractivity contribution < 1.29 is 17.9 Å². The van der Waals surface area contributed by atoms with Gasteiger partial charge in [-0.15, -0.1) is 0 Å². The average Bonchev–Trinajstić information content (AvgIpc) is 3.38. The number of hydrogen-bond donors (Lipinski definition) is 0. The molecule has 2 saturated heterocycles. The molecule has 2 aromatic rings. The van der Waals surface area contributed by atoms with Crippen LogP contribution in [0.5, 0.6) is 0 Å². The Kier molecular flexibility index (Phi) is 5.46. The van der Waals surface area contributed by atoms with E-state index >= 15 is 0 Å². The fourth-order valence-electron chi connectivity index (χ4n) is 4.22. The minimum atomic E-state index is -3.85. The first-order chi connectivity index (χ1) is 13.9. The minimum Gasteiger partial charge on any atom is -0.380 e. The lowest BCUT2D eigenvalue weighted by Crippen LogP contribution is -2.61. The number of sulfonamides is 1. The van der Waals surface area contributed by atoms with E-state index in [0.29, 0.717) is 25.9 Å². The van der Waals surface area contributed by atoms with Crippen molar-refractivity contribution in [2.75, 3.05) is 20.2 Å². The maximum absolute atomic E-state index is 13.5. The summed E-state index contributed by atoms with van der Waals surface area (Å²) in [4.78, 5) is 15.3. The average molecular weight is 419 g/mol. The van der Waals surface area contributed by atoms with Crippen molar-refractivity contribution in [3.05, 3.63) is 48.3 Å². The molecule has 1 aromatic carbocycles. The monoisotopic (exact) mass is 418 g/mol. The van der Waals surface area contributed by atoms with E-state index in [1.807, 2.05) is 37.3 Å². The number of benzene rings is 1. The van der Waals surface area contributed by atoms with Crippen LogP contribution in [0.4, 0.5) is 0 Å². The molecule has 3 heterocycles. The molecule has 156 valence electrons. The van der Waals surface area contributed by atoms with E-state index in [-0.39, 0.29) is 29.5 Å². The summed E-state index contributed by atoms with van der Waals surface area (Å²) in [7, 11) is -2.23. The largest absolute Gasteiger partial charge is 0.380 e. The number of hydrogen-bond acceptors (Lipinski definition) is 5. The summed E-state index contributed by atoms with van der Waals surface area (Å²) in [6.07, 6.45) is 3.80. The summed E-state index contributed by atoms with van der Waals surface area (Å²) in [6.45, 7) is 3.25. The zero-order chi connectivity index (χ0) is 20.6. The third-order valence-corrected chi connectivity index (χ3v) is 7.66. The molecule has 9 heteroatoms. The third kappa shape index (κ3) is 3.70. The van der Waals surface area contributed by atoms with Gasteiger partial charge >= 0.3 is 0 Å². The first-order valence-electron chi connectivity index (χ1n) is 9.85. The number of carbonyl (C=O) groups excluding carboxylic acids is 1. The Labute approximate surface area is 171 Å². The number of ether oxygens (including phenoxy) is 1. The van der Waals surface area contributed by atoms with Crippen molar-refractivity contribution in [2.24, 2.45) is 0 Å². The topological polar surface area (TPSA) is 84.7 Å². The van der Waals surface area contributed by atoms with E-state index in [9.17, 15) is 13.2 Å². The molecule has 0 aliphatic carbocycles. The van der Waals surface area contributed by atoms with E-state index in [1.54, 1.807) is 16.7 Å². The van der Waals surface area contributed by atoms with E-state index in [1.165, 1.54) is 16.7 Å². The lowest BCUT2D eigenvalue weighted by atomic mass is 10.0. The summed E-state index contributed by atoms with van der Waals surface area (Å²) >= 11 is 0. The highest BCUT2D eigenvalue weighted by Gasteiger charge is 2.49. The number of aromatic nitrogens is 2. The highest BCUT2D eigenvalue weighted by molar-refractivity contribution is 7.89. The molecule has 0 N–H and O–H groups in total. The van der Waals surface area contributed by atoms with Crippen LogP contribution in [0, 0.1) is 0 Å². The molecule has 1 aromatic heterocycles. The van der Waals surface area contributed by atoms with Crippen LogP contribution in [0.1, 0.15) is 18.9 Å². The van der Waals surface area contributed by atoms with Crippen LogP contribution in [-0.4, -0.2) is 71.7 Å². The van der Waals surface area contributed by atoms with E-state index in [4.69, 9.17) is 4.74 Å². The number of amides is 1. The van der Waals surface area contributed by atoms with Gasteiger partial charge in [0, 0.05) is 39.0 Å². The Bertz CT molecular complexity index is 975. The number of aryl methyl sites for hydroxylation is 1. The Hall–Kier alpha value is -2.23. The van der Waals surface area contributed by atoms with Crippen LogP contribution in [-0.2, 0) is 32.5 Å². The maximum atomic E-state index is 13.5. The summed E-state index contributed by atoms with van der Waals surface area (Å²) in [5, 5.41) is 4.11. The quantitative estimate of drug-likeness (QED) is 0.702. The Morgan fingerprint density at radius 1 is 1.21 bits per heavy atom. The van der Waals surface area contributed by atoms with Gasteiger partial charge < -0.3 is 9.64 Å². The van der Waals surface area contributed by atoms with E-state index in [2.05, 4.69) is 5.10 Å². The predicted molar refractivity (Wildman–Crippen MR) is 107 cm³/mol. The minimum absolute atomic E-state index is 0.0631. The smallest absolute Gasteiger partial charge is 0.247 e. The van der Waals surface area contributed by atoms with Crippen LogP contribution in [0.3, 0.4) is 0 Å². The third-order valence-electron chi connectivity index (χ3n) is 5.83. The molecular weight excluding hydrogens is 392 g/mol. The molecule has 4 rings (SSSR count). The molecule has 2 aliphatic heterocycles. The van der Waals surface area contributed by atoms with Gasteiger partial charge in [0.2, 0.25) is 15.9 Å². The van der Waals surface area contributed by atoms with Gasteiger partial charge in [-0.1, -0.05) is 30.3 Å². The molecule has 29 heavy (non-hydrogen) atoms. The van der Waals surface area contributed by atoms with Gasteiger partial charge in [0.15, 0.2) is 0 Å². The summed E-state index contributed by atoms with van der Waals surface area (Å²) in [5.74, 6) is -0.156. The van der Waals surface area contributed by atoms with Gasteiger partial charge in [-0.3, -0.25) is 9.48 Å². The van der Waals surface area contributed by atoms with Gasteiger partial charge in [-0.05, 0) is 25.3 Å². The number of fused-ring (bicyclic) bond motifs is 1. The van der Waals surface area contributed by atoms with Crippen molar-refractivity contribution in [3.63, 3.8) is 0 Å². The molecule has 0 saturated carbocycles. The molecule has 0 bridgehead atoms.